The zero-order valence-electron chi connectivity index (χ0n) is 14.2. The van der Waals surface area contributed by atoms with E-state index in [4.69, 9.17) is 27.9 Å². The number of thioether (sulfide) groups is 1. The molecule has 0 amide bonds. The number of sulfonamides is 1. The standard InChI is InChI=1S/C18H19Cl2NO3S2/c1-24-16-7-6-13(19)12-18(16)26(22,23)21-9-8-17(25-11-10-21)14-4-2-3-5-15(14)20/h2-7,12,17H,8-11H2,1H3. The van der Waals surface area contributed by atoms with Gasteiger partial charge in [0.25, 0.3) is 0 Å². The third kappa shape index (κ3) is 4.15. The van der Waals surface area contributed by atoms with Crippen molar-refractivity contribution in [3.8, 4) is 5.75 Å². The summed E-state index contributed by atoms with van der Waals surface area (Å²) in [6.45, 7) is 0.852. The van der Waals surface area contributed by atoms with E-state index < -0.39 is 10.0 Å². The summed E-state index contributed by atoms with van der Waals surface area (Å²) in [6.07, 6.45) is 0.691. The van der Waals surface area contributed by atoms with Gasteiger partial charge < -0.3 is 4.74 Å². The number of nitrogens with zero attached hydrogens (tertiary/aromatic N) is 1. The third-order valence-corrected chi connectivity index (χ3v) is 8.11. The molecule has 140 valence electrons. The summed E-state index contributed by atoms with van der Waals surface area (Å²) in [5.74, 6) is 0.992. The quantitative estimate of drug-likeness (QED) is 0.692. The number of rotatable bonds is 4. The zero-order valence-corrected chi connectivity index (χ0v) is 17.3. The molecule has 0 aromatic heterocycles. The maximum absolute atomic E-state index is 13.1. The zero-order chi connectivity index (χ0) is 18.7. The van der Waals surface area contributed by atoms with E-state index >= 15 is 0 Å². The topological polar surface area (TPSA) is 46.6 Å². The smallest absolute Gasteiger partial charge is 0.246 e. The van der Waals surface area contributed by atoms with Crippen LogP contribution in [0.5, 0.6) is 5.75 Å². The Kier molecular flexibility index (Phi) is 6.41. The number of hydrogen-bond acceptors (Lipinski definition) is 4. The van der Waals surface area contributed by atoms with Crippen molar-refractivity contribution in [1.82, 2.24) is 4.31 Å². The predicted molar refractivity (Wildman–Crippen MR) is 108 cm³/mol. The Hall–Kier alpha value is -0.920. The molecule has 1 saturated heterocycles. The van der Waals surface area contributed by atoms with Gasteiger partial charge in [-0.15, -0.1) is 0 Å². The number of hydrogen-bond donors (Lipinski definition) is 0. The highest BCUT2D eigenvalue weighted by Gasteiger charge is 2.31. The van der Waals surface area contributed by atoms with Crippen molar-refractivity contribution >= 4 is 45.0 Å². The lowest BCUT2D eigenvalue weighted by atomic mass is 10.1. The van der Waals surface area contributed by atoms with Crippen molar-refractivity contribution < 1.29 is 13.2 Å². The molecule has 0 radical (unpaired) electrons. The van der Waals surface area contributed by atoms with Crippen LogP contribution in [0.15, 0.2) is 47.4 Å². The van der Waals surface area contributed by atoms with Crippen LogP contribution in [-0.2, 0) is 10.0 Å². The lowest BCUT2D eigenvalue weighted by molar-refractivity contribution is 0.393. The van der Waals surface area contributed by atoms with Crippen molar-refractivity contribution in [3.63, 3.8) is 0 Å². The monoisotopic (exact) mass is 431 g/mol. The summed E-state index contributed by atoms with van der Waals surface area (Å²) in [4.78, 5) is 0.105. The maximum Gasteiger partial charge on any atom is 0.246 e. The number of halogens is 2. The molecule has 1 aliphatic rings. The Morgan fingerprint density at radius 3 is 2.65 bits per heavy atom. The Bertz CT molecular complexity index is 890. The van der Waals surface area contributed by atoms with E-state index in [-0.39, 0.29) is 10.1 Å². The van der Waals surface area contributed by atoms with Gasteiger partial charge in [0.2, 0.25) is 10.0 Å². The van der Waals surface area contributed by atoms with Gasteiger partial charge in [0, 0.05) is 34.1 Å². The Morgan fingerprint density at radius 1 is 1.15 bits per heavy atom. The summed E-state index contributed by atoms with van der Waals surface area (Å²) in [5.41, 5.74) is 1.05. The first-order valence-corrected chi connectivity index (χ1v) is 11.4. The molecule has 0 bridgehead atoms. The Balaban J connectivity index is 1.85. The highest BCUT2D eigenvalue weighted by molar-refractivity contribution is 7.99. The van der Waals surface area contributed by atoms with Crippen LogP contribution in [0, 0.1) is 0 Å². The molecule has 8 heteroatoms. The van der Waals surface area contributed by atoms with Crippen LogP contribution in [0.25, 0.3) is 0 Å². The lowest BCUT2D eigenvalue weighted by Gasteiger charge is -2.21. The highest BCUT2D eigenvalue weighted by Crippen LogP contribution is 2.39. The minimum Gasteiger partial charge on any atom is -0.495 e. The number of ether oxygens (including phenoxy) is 1. The van der Waals surface area contributed by atoms with Crippen LogP contribution in [0.1, 0.15) is 17.2 Å². The molecule has 0 spiro atoms. The van der Waals surface area contributed by atoms with Crippen molar-refractivity contribution in [2.24, 2.45) is 0 Å². The summed E-state index contributed by atoms with van der Waals surface area (Å²) in [6, 6.07) is 12.4. The van der Waals surface area contributed by atoms with Crippen LogP contribution in [0.2, 0.25) is 10.0 Å². The number of benzene rings is 2. The van der Waals surface area contributed by atoms with Crippen LogP contribution < -0.4 is 4.74 Å². The third-order valence-electron chi connectivity index (χ3n) is 4.30. The van der Waals surface area contributed by atoms with Gasteiger partial charge in [0.15, 0.2) is 0 Å². The van der Waals surface area contributed by atoms with E-state index in [1.807, 2.05) is 24.3 Å². The normalized spacial score (nSPS) is 19.1. The lowest BCUT2D eigenvalue weighted by Crippen LogP contribution is -2.33. The fourth-order valence-corrected chi connectivity index (χ4v) is 6.56. The molecule has 1 atom stereocenters. The second-order valence-electron chi connectivity index (χ2n) is 5.87. The summed E-state index contributed by atoms with van der Waals surface area (Å²) >= 11 is 14.1. The summed E-state index contributed by atoms with van der Waals surface area (Å²) < 4.78 is 33.0. The number of methoxy groups -OCH3 is 1. The summed E-state index contributed by atoms with van der Waals surface area (Å²) in [7, 11) is -2.24. The SMILES string of the molecule is COc1ccc(Cl)cc1S(=O)(=O)N1CCSC(c2ccccc2Cl)CC1. The largest absolute Gasteiger partial charge is 0.495 e. The predicted octanol–water partition coefficient (Wildman–Crippen LogP) is 4.87. The van der Waals surface area contributed by atoms with E-state index in [2.05, 4.69) is 0 Å². The molecule has 0 saturated carbocycles. The molecule has 1 heterocycles. The summed E-state index contributed by atoms with van der Waals surface area (Å²) in [5, 5.41) is 1.26. The molecule has 3 rings (SSSR count). The molecular weight excluding hydrogens is 413 g/mol. The average Bonchev–Trinajstić information content (AvgIpc) is 2.88. The minimum absolute atomic E-state index is 0.105. The molecule has 0 N–H and O–H groups in total. The molecule has 26 heavy (non-hydrogen) atoms. The van der Waals surface area contributed by atoms with Gasteiger partial charge in [-0.3, -0.25) is 0 Å². The van der Waals surface area contributed by atoms with Gasteiger partial charge in [-0.1, -0.05) is 41.4 Å². The van der Waals surface area contributed by atoms with E-state index in [1.165, 1.54) is 17.5 Å². The molecule has 2 aromatic carbocycles. The molecule has 2 aromatic rings. The second kappa shape index (κ2) is 8.40. The average molecular weight is 432 g/mol. The van der Waals surface area contributed by atoms with E-state index in [1.54, 1.807) is 23.9 Å². The van der Waals surface area contributed by atoms with Gasteiger partial charge in [-0.25, -0.2) is 8.42 Å². The maximum atomic E-state index is 13.1. The van der Waals surface area contributed by atoms with E-state index in [9.17, 15) is 8.42 Å². The first kappa shape index (κ1) is 19.8. The Labute approximate surface area is 168 Å². The van der Waals surface area contributed by atoms with Gasteiger partial charge in [-0.05, 0) is 36.2 Å². The van der Waals surface area contributed by atoms with Crippen molar-refractivity contribution in [1.29, 1.82) is 0 Å². The van der Waals surface area contributed by atoms with Gasteiger partial charge in [-0.2, -0.15) is 16.1 Å². The van der Waals surface area contributed by atoms with Crippen molar-refractivity contribution in [2.45, 2.75) is 16.6 Å². The fourth-order valence-electron chi connectivity index (χ4n) is 2.97. The van der Waals surface area contributed by atoms with Gasteiger partial charge in [0.1, 0.15) is 10.6 Å². The molecular formula is C18H19Cl2NO3S2. The molecule has 1 unspecified atom stereocenters. The molecule has 1 fully saturated rings. The van der Waals surface area contributed by atoms with Crippen molar-refractivity contribution in [3.05, 3.63) is 58.1 Å². The fraction of sp³-hybridized carbons (Fsp3) is 0.333. The first-order valence-electron chi connectivity index (χ1n) is 8.13. The van der Waals surface area contributed by atoms with Crippen LogP contribution >= 0.6 is 35.0 Å². The van der Waals surface area contributed by atoms with Gasteiger partial charge in [0.05, 0.1) is 7.11 Å². The molecule has 4 nitrogen and oxygen atoms in total. The Morgan fingerprint density at radius 2 is 1.92 bits per heavy atom. The minimum atomic E-state index is -3.69. The van der Waals surface area contributed by atoms with E-state index in [0.29, 0.717) is 36.0 Å². The van der Waals surface area contributed by atoms with Crippen LogP contribution in [-0.4, -0.2) is 38.7 Å². The second-order valence-corrected chi connectivity index (χ2v) is 9.93. The van der Waals surface area contributed by atoms with Crippen LogP contribution in [0.4, 0.5) is 0 Å². The first-order chi connectivity index (χ1) is 12.4. The van der Waals surface area contributed by atoms with Crippen molar-refractivity contribution in [2.75, 3.05) is 26.0 Å². The van der Waals surface area contributed by atoms with E-state index in [0.717, 1.165) is 10.6 Å². The molecule has 1 aliphatic heterocycles. The molecule has 0 aliphatic carbocycles. The van der Waals surface area contributed by atoms with Gasteiger partial charge >= 0.3 is 0 Å². The highest BCUT2D eigenvalue weighted by atomic mass is 35.5. The van der Waals surface area contributed by atoms with Crippen LogP contribution in [0.3, 0.4) is 0 Å².